The fraction of sp³-hybridized carbons (Fsp3) is 0.800. The Bertz CT molecular complexity index is 730. The van der Waals surface area contributed by atoms with Crippen molar-refractivity contribution in [3.8, 4) is 0 Å². The molecule has 1 N–H and O–H groups in total. The summed E-state index contributed by atoms with van der Waals surface area (Å²) in [5.41, 5.74) is -1.23. The highest BCUT2D eigenvalue weighted by molar-refractivity contribution is 6.15. The molecule has 8 rings (SSSR count). The molecule has 2 unspecified atom stereocenters. The van der Waals surface area contributed by atoms with E-state index in [1.165, 1.54) is 0 Å². The number of aliphatic hydroxyl groups is 1. The van der Waals surface area contributed by atoms with Crippen molar-refractivity contribution in [3.05, 3.63) is 12.2 Å². The maximum atomic E-state index is 13.3. The molecule has 4 heteroatoms. The van der Waals surface area contributed by atoms with Crippen molar-refractivity contribution < 1.29 is 19.4 Å². The van der Waals surface area contributed by atoms with Gasteiger partial charge in [0.1, 0.15) is 5.60 Å². The molecule has 8 atom stereocenters. The van der Waals surface area contributed by atoms with Crippen LogP contribution in [0.3, 0.4) is 0 Å². The number of hydrogen-bond acceptors (Lipinski definition) is 4. The van der Waals surface area contributed by atoms with Gasteiger partial charge in [-0.15, -0.1) is 0 Å². The number of aliphatic hydroxyl groups excluding tert-OH is 1. The Morgan fingerprint density at radius 3 is 2.67 bits per heavy atom. The molecular formula is C20H24O4. The lowest BCUT2D eigenvalue weighted by Crippen LogP contribution is -2.69. The lowest BCUT2D eigenvalue weighted by molar-refractivity contribution is -0.255. The molecule has 6 saturated carbocycles. The number of ether oxygens (including phenoxy) is 1. The normalized spacial score (nSPS) is 63.0. The number of ketones is 2. The van der Waals surface area contributed by atoms with Crippen molar-refractivity contribution in [3.63, 3.8) is 0 Å². The van der Waals surface area contributed by atoms with Crippen molar-refractivity contribution >= 4 is 11.6 Å². The van der Waals surface area contributed by atoms with Gasteiger partial charge in [-0.3, -0.25) is 9.59 Å². The number of carbonyl (C=O) groups excluding carboxylic acids is 2. The quantitative estimate of drug-likeness (QED) is 0.691. The second-order valence-corrected chi connectivity index (χ2v) is 9.69. The Kier molecular flexibility index (Phi) is 2.12. The first kappa shape index (κ1) is 14.2. The number of hydrogen-bond donors (Lipinski definition) is 1. The summed E-state index contributed by atoms with van der Waals surface area (Å²) in [6.45, 7) is 6.89. The van der Waals surface area contributed by atoms with Crippen LogP contribution in [0.2, 0.25) is 0 Å². The van der Waals surface area contributed by atoms with Crippen molar-refractivity contribution in [1.29, 1.82) is 0 Å². The molecule has 8 fully saturated rings. The van der Waals surface area contributed by atoms with E-state index in [9.17, 15) is 14.7 Å². The van der Waals surface area contributed by atoms with Gasteiger partial charge in [0.2, 0.25) is 0 Å². The Balaban J connectivity index is 1.60. The predicted molar refractivity (Wildman–Crippen MR) is 85.0 cm³/mol. The molecule has 0 aromatic heterocycles. The number of rotatable bonds is 0. The van der Waals surface area contributed by atoms with E-state index in [0.717, 1.165) is 32.1 Å². The highest BCUT2D eigenvalue weighted by Crippen LogP contribution is 2.83. The zero-order valence-corrected chi connectivity index (χ0v) is 14.1. The zero-order valence-electron chi connectivity index (χ0n) is 14.1. The number of fused-ring (bicyclic) bond motifs is 4. The summed E-state index contributed by atoms with van der Waals surface area (Å²) >= 11 is 0. The third-order valence-electron chi connectivity index (χ3n) is 9.29. The number of allylic oxidation sites excluding steroid dienone is 1. The van der Waals surface area contributed by atoms with E-state index < -0.39 is 22.5 Å². The first-order chi connectivity index (χ1) is 11.3. The van der Waals surface area contributed by atoms with E-state index in [-0.39, 0.29) is 34.7 Å². The Morgan fingerprint density at radius 1 is 1.17 bits per heavy atom. The van der Waals surface area contributed by atoms with Crippen LogP contribution in [0.15, 0.2) is 12.2 Å². The zero-order chi connectivity index (χ0) is 16.7. The Morgan fingerprint density at radius 2 is 1.96 bits per heavy atom. The van der Waals surface area contributed by atoms with Crippen molar-refractivity contribution in [2.75, 3.05) is 6.61 Å². The highest BCUT2D eigenvalue weighted by atomic mass is 16.5. The van der Waals surface area contributed by atoms with Crippen LogP contribution in [0.5, 0.6) is 0 Å². The lowest BCUT2D eigenvalue weighted by atomic mass is 9.38. The molecule has 2 heterocycles. The van der Waals surface area contributed by atoms with Gasteiger partial charge in [0, 0.05) is 0 Å². The molecule has 0 aromatic rings. The van der Waals surface area contributed by atoms with E-state index in [2.05, 4.69) is 13.5 Å². The monoisotopic (exact) mass is 328 g/mol. The maximum absolute atomic E-state index is 13.3. The molecule has 128 valence electrons. The number of carbonyl (C=O) groups is 2. The molecule has 2 aliphatic heterocycles. The molecule has 4 nitrogen and oxygen atoms in total. The topological polar surface area (TPSA) is 63.6 Å². The average molecular weight is 328 g/mol. The van der Waals surface area contributed by atoms with E-state index in [1.807, 2.05) is 0 Å². The second kappa shape index (κ2) is 3.59. The van der Waals surface area contributed by atoms with Crippen LogP contribution in [0.25, 0.3) is 0 Å². The van der Waals surface area contributed by atoms with E-state index >= 15 is 0 Å². The standard InChI is InChI=1S/C20H24O4/c1-10-11-3-4-18(15(10)22)13(7-11)20-12(8-14(18)21)17(2)5-6-19(20,16(20)23)24-9-17/h11-14,21H,1,3-9H2,2H3/t11-,12?,13?,14+,17-,18+,19+,20+/m0/s1. The molecule has 2 saturated heterocycles. The fourth-order valence-electron chi connectivity index (χ4n) is 8.11. The molecule has 4 bridgehead atoms. The summed E-state index contributed by atoms with van der Waals surface area (Å²) in [7, 11) is 0. The minimum Gasteiger partial charge on any atom is -0.392 e. The van der Waals surface area contributed by atoms with E-state index in [1.54, 1.807) is 0 Å². The lowest BCUT2D eigenvalue weighted by Gasteiger charge is -2.66. The van der Waals surface area contributed by atoms with Gasteiger partial charge in [0.25, 0.3) is 0 Å². The SMILES string of the molecule is C=C1C(=O)[C@]23CC[C@H]1CC2[C@]12C(=O)[C@]14CC[C@@](C)(CO4)C2C[C@H]3O. The van der Waals surface area contributed by atoms with Gasteiger partial charge in [-0.25, -0.2) is 0 Å². The third kappa shape index (κ3) is 1.04. The maximum Gasteiger partial charge on any atom is 0.175 e. The Hall–Kier alpha value is -1.00. The second-order valence-electron chi connectivity index (χ2n) is 9.69. The summed E-state index contributed by atoms with van der Waals surface area (Å²) in [5, 5.41) is 11.2. The van der Waals surface area contributed by atoms with Gasteiger partial charge in [-0.2, -0.15) is 0 Å². The summed E-state index contributed by atoms with van der Waals surface area (Å²) in [6, 6.07) is 0. The van der Waals surface area contributed by atoms with Crippen LogP contribution in [0.1, 0.15) is 45.4 Å². The van der Waals surface area contributed by atoms with Crippen LogP contribution < -0.4 is 0 Å². The van der Waals surface area contributed by atoms with Gasteiger partial charge >= 0.3 is 0 Å². The summed E-state index contributed by atoms with van der Waals surface area (Å²) in [4.78, 5) is 26.4. The molecule has 0 radical (unpaired) electrons. The molecular weight excluding hydrogens is 304 g/mol. The fourth-order valence-corrected chi connectivity index (χ4v) is 8.11. The predicted octanol–water partition coefficient (Wildman–Crippen LogP) is 2.05. The van der Waals surface area contributed by atoms with Crippen LogP contribution in [0, 0.1) is 34.0 Å². The van der Waals surface area contributed by atoms with Crippen molar-refractivity contribution in [1.82, 2.24) is 0 Å². The summed E-state index contributed by atoms with van der Waals surface area (Å²) in [6.07, 6.45) is 4.24. The van der Waals surface area contributed by atoms with Gasteiger partial charge in [0.05, 0.1) is 23.5 Å². The van der Waals surface area contributed by atoms with Crippen LogP contribution >= 0.6 is 0 Å². The summed E-state index contributed by atoms with van der Waals surface area (Å²) < 4.78 is 6.20. The minimum absolute atomic E-state index is 0.0345. The van der Waals surface area contributed by atoms with Crippen molar-refractivity contribution in [2.45, 2.75) is 57.2 Å². The van der Waals surface area contributed by atoms with Crippen LogP contribution in [-0.4, -0.2) is 35.0 Å². The van der Waals surface area contributed by atoms with Gasteiger partial charge in [0.15, 0.2) is 11.6 Å². The van der Waals surface area contributed by atoms with E-state index in [0.29, 0.717) is 18.6 Å². The third-order valence-corrected chi connectivity index (χ3v) is 9.29. The highest BCUT2D eigenvalue weighted by Gasteiger charge is 2.93. The first-order valence-electron chi connectivity index (χ1n) is 9.45. The van der Waals surface area contributed by atoms with Gasteiger partial charge in [-0.05, 0) is 67.3 Å². The van der Waals surface area contributed by atoms with Gasteiger partial charge in [-0.1, -0.05) is 13.5 Å². The van der Waals surface area contributed by atoms with E-state index in [4.69, 9.17) is 4.74 Å². The number of Topliss-reactive ketones (excluding diaryl/α,β-unsaturated/α-hetero) is 2. The molecule has 6 aliphatic carbocycles. The van der Waals surface area contributed by atoms with Crippen LogP contribution in [0.4, 0.5) is 0 Å². The average Bonchev–Trinajstić information content (AvgIpc) is 3.12. The van der Waals surface area contributed by atoms with Crippen LogP contribution in [-0.2, 0) is 14.3 Å². The molecule has 0 aromatic carbocycles. The van der Waals surface area contributed by atoms with Gasteiger partial charge < -0.3 is 9.84 Å². The summed E-state index contributed by atoms with van der Waals surface area (Å²) in [5.74, 6) is 0.637. The van der Waals surface area contributed by atoms with Crippen molar-refractivity contribution in [2.24, 2.45) is 34.0 Å². The largest absolute Gasteiger partial charge is 0.392 e. The molecule has 0 amide bonds. The Labute approximate surface area is 141 Å². The molecule has 3 spiro atoms. The first-order valence-corrected chi connectivity index (χ1v) is 9.45. The molecule has 24 heavy (non-hydrogen) atoms. The smallest absolute Gasteiger partial charge is 0.175 e. The minimum atomic E-state index is -0.765. The molecule has 8 aliphatic rings.